The highest BCUT2D eigenvalue weighted by molar-refractivity contribution is 4.66. The monoisotopic (exact) mass is 230 g/mol. The third-order valence-corrected chi connectivity index (χ3v) is 3.04. The lowest BCUT2D eigenvalue weighted by Gasteiger charge is -2.21. The molecule has 0 aromatic carbocycles. The molecule has 0 saturated heterocycles. The lowest BCUT2D eigenvalue weighted by atomic mass is 9.92. The van der Waals surface area contributed by atoms with E-state index in [4.69, 9.17) is 0 Å². The summed E-state index contributed by atoms with van der Waals surface area (Å²) < 4.78 is 0. The van der Waals surface area contributed by atoms with Gasteiger partial charge in [0.25, 0.3) is 0 Å². The van der Waals surface area contributed by atoms with Gasteiger partial charge in [-0.15, -0.1) is 0 Å². The van der Waals surface area contributed by atoms with Crippen LogP contribution in [0, 0.1) is 5.92 Å². The maximum atomic E-state index is 9.72. The van der Waals surface area contributed by atoms with Crippen molar-refractivity contribution in [1.29, 1.82) is 0 Å². The summed E-state index contributed by atoms with van der Waals surface area (Å²) in [5, 5.41) is 9.72. The van der Waals surface area contributed by atoms with Crippen molar-refractivity contribution in [2.45, 2.75) is 38.7 Å². The van der Waals surface area contributed by atoms with Crippen LogP contribution in [0.25, 0.3) is 0 Å². The van der Waals surface area contributed by atoms with Gasteiger partial charge in [0.2, 0.25) is 0 Å². The Morgan fingerprint density at radius 1 is 0.875 bits per heavy atom. The van der Waals surface area contributed by atoms with Gasteiger partial charge in [0.15, 0.2) is 0 Å². The molecule has 0 aromatic heterocycles. The third-order valence-electron chi connectivity index (χ3n) is 3.04. The van der Waals surface area contributed by atoms with Crippen molar-refractivity contribution >= 4 is 0 Å². The fourth-order valence-corrected chi connectivity index (χ4v) is 1.97. The largest absolute Gasteiger partial charge is 0.393 e. The molecule has 0 saturated carbocycles. The third kappa shape index (κ3) is 9.13. The Morgan fingerprint density at radius 2 is 1.25 bits per heavy atom. The molecule has 0 aliphatic carbocycles. The van der Waals surface area contributed by atoms with E-state index in [0.29, 0.717) is 5.92 Å². The van der Waals surface area contributed by atoms with Crippen LogP contribution in [-0.2, 0) is 0 Å². The molecule has 0 heterocycles. The highest BCUT2D eigenvalue weighted by Gasteiger charge is 2.14. The van der Waals surface area contributed by atoms with Gasteiger partial charge in [-0.2, -0.15) is 0 Å². The average Bonchev–Trinajstić information content (AvgIpc) is 2.14. The smallest absolute Gasteiger partial charge is 0.0540 e. The maximum absolute atomic E-state index is 9.72. The Hall–Kier alpha value is -0.120. The Morgan fingerprint density at radius 3 is 1.50 bits per heavy atom. The molecule has 0 amide bonds. The standard InChI is InChI=1S/C13H30N2O/c1-12(16)13(8-6-10-14(2)3)9-7-11-15(4)5/h12-13,16H,6-11H2,1-5H3. The highest BCUT2D eigenvalue weighted by Crippen LogP contribution is 2.18. The Balaban J connectivity index is 3.71. The van der Waals surface area contributed by atoms with Gasteiger partial charge in [-0.25, -0.2) is 0 Å². The Bertz CT molecular complexity index is 144. The summed E-state index contributed by atoms with van der Waals surface area (Å²) in [6.45, 7) is 4.17. The summed E-state index contributed by atoms with van der Waals surface area (Å²) in [4.78, 5) is 4.41. The van der Waals surface area contributed by atoms with Crippen molar-refractivity contribution in [2.24, 2.45) is 5.92 Å². The van der Waals surface area contributed by atoms with Crippen LogP contribution in [-0.4, -0.2) is 62.3 Å². The second-order valence-corrected chi connectivity index (χ2v) is 5.39. The number of nitrogens with zero attached hydrogens (tertiary/aromatic N) is 2. The topological polar surface area (TPSA) is 26.7 Å². The molecule has 0 fully saturated rings. The lowest BCUT2D eigenvalue weighted by Crippen LogP contribution is -2.21. The molecule has 0 rings (SSSR count). The van der Waals surface area contributed by atoms with E-state index in [1.165, 1.54) is 12.8 Å². The summed E-state index contributed by atoms with van der Waals surface area (Å²) in [7, 11) is 8.40. The van der Waals surface area contributed by atoms with E-state index in [1.54, 1.807) is 0 Å². The van der Waals surface area contributed by atoms with E-state index in [0.717, 1.165) is 25.9 Å². The molecule has 0 radical (unpaired) electrons. The summed E-state index contributed by atoms with van der Waals surface area (Å²) in [5.41, 5.74) is 0. The number of rotatable bonds is 9. The van der Waals surface area contributed by atoms with Crippen LogP contribution in [0.5, 0.6) is 0 Å². The zero-order valence-electron chi connectivity index (χ0n) is 11.7. The van der Waals surface area contributed by atoms with Gasteiger partial charge >= 0.3 is 0 Å². The van der Waals surface area contributed by atoms with E-state index in [9.17, 15) is 5.11 Å². The summed E-state index contributed by atoms with van der Waals surface area (Å²) in [5.74, 6) is 0.472. The van der Waals surface area contributed by atoms with Crippen molar-refractivity contribution < 1.29 is 5.11 Å². The molecule has 0 bridgehead atoms. The average molecular weight is 230 g/mol. The minimum atomic E-state index is -0.163. The van der Waals surface area contributed by atoms with Crippen LogP contribution in [0.4, 0.5) is 0 Å². The van der Waals surface area contributed by atoms with Gasteiger partial charge < -0.3 is 14.9 Å². The van der Waals surface area contributed by atoms with Crippen molar-refractivity contribution in [3.8, 4) is 0 Å². The van der Waals surface area contributed by atoms with Crippen molar-refractivity contribution in [3.05, 3.63) is 0 Å². The molecule has 0 aromatic rings. The van der Waals surface area contributed by atoms with E-state index < -0.39 is 0 Å². The first-order valence-corrected chi connectivity index (χ1v) is 6.41. The van der Waals surface area contributed by atoms with Crippen LogP contribution >= 0.6 is 0 Å². The minimum Gasteiger partial charge on any atom is -0.393 e. The zero-order valence-corrected chi connectivity index (χ0v) is 11.7. The molecule has 16 heavy (non-hydrogen) atoms. The van der Waals surface area contributed by atoms with E-state index in [-0.39, 0.29) is 6.10 Å². The maximum Gasteiger partial charge on any atom is 0.0540 e. The van der Waals surface area contributed by atoms with Crippen LogP contribution in [0.2, 0.25) is 0 Å². The molecule has 3 heteroatoms. The van der Waals surface area contributed by atoms with Crippen LogP contribution in [0.1, 0.15) is 32.6 Å². The Kier molecular flexibility index (Phi) is 8.90. The molecule has 1 unspecified atom stereocenters. The molecule has 98 valence electrons. The fraction of sp³-hybridized carbons (Fsp3) is 1.00. The molecular formula is C13H30N2O. The van der Waals surface area contributed by atoms with Gasteiger partial charge in [-0.1, -0.05) is 0 Å². The first-order valence-electron chi connectivity index (χ1n) is 6.41. The zero-order chi connectivity index (χ0) is 12.6. The van der Waals surface area contributed by atoms with Gasteiger partial charge in [-0.05, 0) is 79.8 Å². The normalized spacial score (nSPS) is 14.1. The minimum absolute atomic E-state index is 0.163. The van der Waals surface area contributed by atoms with E-state index in [2.05, 4.69) is 38.0 Å². The summed E-state index contributed by atoms with van der Waals surface area (Å²) >= 11 is 0. The predicted octanol–water partition coefficient (Wildman–Crippen LogP) is 1.67. The van der Waals surface area contributed by atoms with Gasteiger partial charge in [0.05, 0.1) is 6.10 Å². The lowest BCUT2D eigenvalue weighted by molar-refractivity contribution is 0.108. The number of hydrogen-bond acceptors (Lipinski definition) is 3. The second-order valence-electron chi connectivity index (χ2n) is 5.39. The summed E-state index contributed by atoms with van der Waals surface area (Å²) in [6, 6.07) is 0. The Labute approximate surface area is 101 Å². The molecule has 0 aliphatic heterocycles. The highest BCUT2D eigenvalue weighted by atomic mass is 16.3. The fourth-order valence-electron chi connectivity index (χ4n) is 1.97. The van der Waals surface area contributed by atoms with E-state index in [1.807, 2.05) is 6.92 Å². The predicted molar refractivity (Wildman–Crippen MR) is 70.7 cm³/mol. The van der Waals surface area contributed by atoms with Crippen molar-refractivity contribution in [1.82, 2.24) is 9.80 Å². The molecule has 1 atom stereocenters. The van der Waals surface area contributed by atoms with Gasteiger partial charge in [-0.3, -0.25) is 0 Å². The molecular weight excluding hydrogens is 200 g/mol. The van der Waals surface area contributed by atoms with Gasteiger partial charge in [0.1, 0.15) is 0 Å². The number of hydrogen-bond donors (Lipinski definition) is 1. The molecule has 0 aliphatic rings. The van der Waals surface area contributed by atoms with Crippen LogP contribution in [0.15, 0.2) is 0 Å². The molecule has 0 spiro atoms. The van der Waals surface area contributed by atoms with Crippen molar-refractivity contribution in [3.63, 3.8) is 0 Å². The summed E-state index contributed by atoms with van der Waals surface area (Å²) in [6.07, 6.45) is 4.49. The molecule has 3 nitrogen and oxygen atoms in total. The number of aliphatic hydroxyl groups excluding tert-OH is 1. The van der Waals surface area contributed by atoms with E-state index >= 15 is 0 Å². The van der Waals surface area contributed by atoms with Crippen LogP contribution in [0.3, 0.4) is 0 Å². The van der Waals surface area contributed by atoms with Crippen LogP contribution < -0.4 is 0 Å². The van der Waals surface area contributed by atoms with Gasteiger partial charge in [0, 0.05) is 0 Å². The first-order chi connectivity index (χ1) is 7.43. The number of aliphatic hydroxyl groups is 1. The molecule has 1 N–H and O–H groups in total. The quantitative estimate of drug-likeness (QED) is 0.653. The van der Waals surface area contributed by atoms with Crippen molar-refractivity contribution in [2.75, 3.05) is 41.3 Å². The first kappa shape index (κ1) is 15.9. The SMILES string of the molecule is CC(O)C(CCCN(C)C)CCCN(C)C. The second kappa shape index (κ2) is 8.97.